The summed E-state index contributed by atoms with van der Waals surface area (Å²) in [6, 6.07) is 9.43. The average Bonchev–Trinajstić information content (AvgIpc) is 2.83. The maximum atomic E-state index is 13.3. The van der Waals surface area contributed by atoms with E-state index >= 15 is 0 Å². The van der Waals surface area contributed by atoms with Crippen molar-refractivity contribution >= 4 is 21.7 Å². The van der Waals surface area contributed by atoms with E-state index in [-0.39, 0.29) is 42.9 Å². The van der Waals surface area contributed by atoms with Crippen molar-refractivity contribution in [3.8, 4) is 11.3 Å². The number of amides is 2. The number of benzene rings is 1. The number of ether oxygens (including phenoxy) is 1. The molecule has 1 fully saturated rings. The zero-order valence-electron chi connectivity index (χ0n) is 18.0. The highest BCUT2D eigenvalue weighted by Gasteiger charge is 2.52. The van der Waals surface area contributed by atoms with E-state index < -0.39 is 20.5 Å². The lowest BCUT2D eigenvalue weighted by Crippen LogP contribution is -2.54. The number of carbonyl (C=O) groups excluding carboxylic acids is 2. The molecule has 32 heavy (non-hydrogen) atoms. The van der Waals surface area contributed by atoms with Crippen LogP contribution in [0.3, 0.4) is 0 Å². The number of hydrogen-bond donors (Lipinski definition) is 3. The summed E-state index contributed by atoms with van der Waals surface area (Å²) in [6.07, 6.45) is 2.19. The number of hydroxylamine groups is 1. The summed E-state index contributed by atoms with van der Waals surface area (Å²) < 4.78 is 30.0. The van der Waals surface area contributed by atoms with Gasteiger partial charge < -0.3 is 10.1 Å². The standard InChI is InChI=1S/C22H27N3O6S/c1-3-15(2)24-20(26)17-6-9-19(23-14-17)16-4-7-18(8-5-16)32(29,30)22(21(27)25-28)10-12-31-13-11-22/h4-9,14-15,28H,3,10-13H2,1-2H3,(H,24,26)(H,25,27). The van der Waals surface area contributed by atoms with E-state index in [9.17, 15) is 18.0 Å². The van der Waals surface area contributed by atoms with Gasteiger partial charge in [-0.3, -0.25) is 19.8 Å². The minimum Gasteiger partial charge on any atom is -0.381 e. The van der Waals surface area contributed by atoms with Gasteiger partial charge >= 0.3 is 0 Å². The van der Waals surface area contributed by atoms with E-state index in [0.717, 1.165) is 6.42 Å². The van der Waals surface area contributed by atoms with Gasteiger partial charge in [-0.1, -0.05) is 19.1 Å². The van der Waals surface area contributed by atoms with E-state index in [0.29, 0.717) is 16.8 Å². The molecule has 0 spiro atoms. The summed E-state index contributed by atoms with van der Waals surface area (Å²) in [7, 11) is -4.09. The SMILES string of the molecule is CCC(C)NC(=O)c1ccc(-c2ccc(S(=O)(=O)C3(C(=O)NO)CCOCC3)cc2)nc1. The highest BCUT2D eigenvalue weighted by atomic mass is 32.2. The molecule has 0 bridgehead atoms. The van der Waals surface area contributed by atoms with E-state index in [1.165, 1.54) is 23.8 Å². The average molecular weight is 462 g/mol. The van der Waals surface area contributed by atoms with Crippen LogP contribution in [0.5, 0.6) is 0 Å². The Morgan fingerprint density at radius 3 is 2.34 bits per heavy atom. The molecule has 2 heterocycles. The molecule has 0 radical (unpaired) electrons. The van der Waals surface area contributed by atoms with Crippen LogP contribution in [-0.2, 0) is 19.4 Å². The predicted molar refractivity (Wildman–Crippen MR) is 117 cm³/mol. The molecular weight excluding hydrogens is 434 g/mol. The molecule has 1 unspecified atom stereocenters. The fourth-order valence-electron chi connectivity index (χ4n) is 3.56. The van der Waals surface area contributed by atoms with Crippen LogP contribution in [0.4, 0.5) is 0 Å². The largest absolute Gasteiger partial charge is 0.381 e. The second-order valence-corrected chi connectivity index (χ2v) is 10.1. The Kier molecular flexibility index (Phi) is 7.27. The summed E-state index contributed by atoms with van der Waals surface area (Å²) in [5, 5.41) is 12.0. The second-order valence-electron chi connectivity index (χ2n) is 7.79. The number of rotatable bonds is 7. The van der Waals surface area contributed by atoms with Crippen molar-refractivity contribution < 1.29 is 28.0 Å². The van der Waals surface area contributed by atoms with Crippen molar-refractivity contribution in [2.75, 3.05) is 13.2 Å². The third-order valence-corrected chi connectivity index (χ3v) is 8.32. The van der Waals surface area contributed by atoms with Crippen molar-refractivity contribution in [3.05, 3.63) is 48.2 Å². The quantitative estimate of drug-likeness (QED) is 0.424. The van der Waals surface area contributed by atoms with Gasteiger partial charge in [0.1, 0.15) is 0 Å². The Morgan fingerprint density at radius 2 is 1.81 bits per heavy atom. The molecule has 2 amide bonds. The van der Waals surface area contributed by atoms with Gasteiger partial charge in [-0.05, 0) is 50.5 Å². The number of carbonyl (C=O) groups is 2. The Labute approximate surface area is 187 Å². The van der Waals surface area contributed by atoms with Crippen LogP contribution in [0.1, 0.15) is 43.5 Å². The van der Waals surface area contributed by atoms with Crippen molar-refractivity contribution in [1.82, 2.24) is 15.8 Å². The van der Waals surface area contributed by atoms with Gasteiger partial charge in [0.05, 0.1) is 16.2 Å². The highest BCUT2D eigenvalue weighted by Crippen LogP contribution is 2.35. The van der Waals surface area contributed by atoms with Gasteiger partial charge in [0.15, 0.2) is 14.6 Å². The minimum atomic E-state index is -4.09. The Bertz CT molecular complexity index is 1060. The first-order valence-electron chi connectivity index (χ1n) is 10.4. The number of sulfone groups is 1. The third kappa shape index (κ3) is 4.52. The lowest BCUT2D eigenvalue weighted by molar-refractivity contribution is -0.134. The minimum absolute atomic E-state index is 0.0312. The maximum Gasteiger partial charge on any atom is 0.265 e. The van der Waals surface area contributed by atoms with Crippen molar-refractivity contribution in [1.29, 1.82) is 0 Å². The molecule has 1 aromatic heterocycles. The highest BCUT2D eigenvalue weighted by molar-refractivity contribution is 7.93. The Hall–Kier alpha value is -2.82. The first kappa shape index (κ1) is 23.8. The lowest BCUT2D eigenvalue weighted by Gasteiger charge is -2.34. The molecule has 1 aromatic carbocycles. The molecule has 0 saturated carbocycles. The predicted octanol–water partition coefficient (Wildman–Crippen LogP) is 2.11. The molecule has 3 rings (SSSR count). The molecule has 1 aliphatic heterocycles. The first-order valence-corrected chi connectivity index (χ1v) is 11.9. The van der Waals surface area contributed by atoms with E-state index in [1.807, 2.05) is 13.8 Å². The molecular formula is C22H27N3O6S. The summed E-state index contributed by atoms with van der Waals surface area (Å²) in [5.74, 6) is -1.17. The molecule has 1 atom stereocenters. The van der Waals surface area contributed by atoms with Crippen molar-refractivity contribution in [2.45, 2.75) is 48.8 Å². The molecule has 1 aliphatic rings. The monoisotopic (exact) mass is 461 g/mol. The van der Waals surface area contributed by atoms with Crippen LogP contribution >= 0.6 is 0 Å². The van der Waals surface area contributed by atoms with Crippen molar-refractivity contribution in [2.24, 2.45) is 0 Å². The molecule has 172 valence electrons. The van der Waals surface area contributed by atoms with Gasteiger partial charge in [-0.2, -0.15) is 0 Å². The summed E-state index contributed by atoms with van der Waals surface area (Å²) >= 11 is 0. The lowest BCUT2D eigenvalue weighted by atomic mass is 9.98. The van der Waals surface area contributed by atoms with Crippen LogP contribution in [0.15, 0.2) is 47.5 Å². The molecule has 9 nitrogen and oxygen atoms in total. The Balaban J connectivity index is 1.84. The molecule has 10 heteroatoms. The van der Waals surface area contributed by atoms with Crippen LogP contribution in [0, 0.1) is 0 Å². The van der Waals surface area contributed by atoms with Crippen molar-refractivity contribution in [3.63, 3.8) is 0 Å². The van der Waals surface area contributed by atoms with Crippen LogP contribution in [-0.4, -0.2) is 54.4 Å². The third-order valence-electron chi connectivity index (χ3n) is 5.81. The van der Waals surface area contributed by atoms with E-state index in [2.05, 4.69) is 10.3 Å². The fraction of sp³-hybridized carbons (Fsp3) is 0.409. The zero-order valence-corrected chi connectivity index (χ0v) is 18.8. The molecule has 1 saturated heterocycles. The second kappa shape index (κ2) is 9.76. The number of nitrogens with zero attached hydrogens (tertiary/aromatic N) is 1. The number of nitrogens with one attached hydrogen (secondary N) is 2. The molecule has 0 aliphatic carbocycles. The Morgan fingerprint density at radius 1 is 1.16 bits per heavy atom. The van der Waals surface area contributed by atoms with E-state index in [4.69, 9.17) is 9.94 Å². The van der Waals surface area contributed by atoms with Gasteiger partial charge in [0, 0.05) is 31.0 Å². The molecule has 2 aromatic rings. The maximum absolute atomic E-state index is 13.3. The summed E-state index contributed by atoms with van der Waals surface area (Å²) in [5.41, 5.74) is 3.17. The van der Waals surface area contributed by atoms with Crippen LogP contribution in [0.25, 0.3) is 11.3 Å². The number of aromatic nitrogens is 1. The smallest absolute Gasteiger partial charge is 0.265 e. The van der Waals surface area contributed by atoms with Gasteiger partial charge in [0.25, 0.3) is 11.8 Å². The van der Waals surface area contributed by atoms with Crippen LogP contribution < -0.4 is 10.8 Å². The van der Waals surface area contributed by atoms with E-state index in [1.54, 1.807) is 24.3 Å². The fourth-order valence-corrected chi connectivity index (χ4v) is 5.50. The zero-order chi connectivity index (χ0) is 23.4. The van der Waals surface area contributed by atoms with Crippen LogP contribution in [0.2, 0.25) is 0 Å². The molecule has 3 N–H and O–H groups in total. The van der Waals surface area contributed by atoms with Gasteiger partial charge in [0.2, 0.25) is 0 Å². The number of pyridine rings is 1. The number of hydrogen-bond acceptors (Lipinski definition) is 7. The van der Waals surface area contributed by atoms with Gasteiger partial charge in [-0.15, -0.1) is 0 Å². The summed E-state index contributed by atoms with van der Waals surface area (Å²) in [4.78, 5) is 28.8. The summed E-state index contributed by atoms with van der Waals surface area (Å²) in [6.45, 7) is 4.11. The first-order chi connectivity index (χ1) is 15.2. The topological polar surface area (TPSA) is 135 Å². The van der Waals surface area contributed by atoms with Gasteiger partial charge in [-0.25, -0.2) is 13.9 Å². The normalized spacial score (nSPS) is 16.7.